The first-order valence-corrected chi connectivity index (χ1v) is 12.7. The van der Waals surface area contributed by atoms with Gasteiger partial charge >= 0.3 is 6.09 Å². The highest BCUT2D eigenvalue weighted by Gasteiger charge is 2.30. The highest BCUT2D eigenvalue weighted by atomic mass is 16.6. The number of nitrogens with one attached hydrogen (secondary N) is 1. The van der Waals surface area contributed by atoms with E-state index in [1.807, 2.05) is 35.2 Å². The Morgan fingerprint density at radius 2 is 1.74 bits per heavy atom. The third-order valence-electron chi connectivity index (χ3n) is 7.46. The summed E-state index contributed by atoms with van der Waals surface area (Å²) in [6.45, 7) is 5.67. The van der Waals surface area contributed by atoms with E-state index in [1.54, 1.807) is 4.90 Å². The molecule has 184 valence electrons. The molecule has 0 bridgehead atoms. The molecular formula is C26H37N5O3. The quantitative estimate of drug-likeness (QED) is 0.663. The number of carbonyl (C=O) groups excluding carboxylic acids is 2. The van der Waals surface area contributed by atoms with E-state index in [0.717, 1.165) is 63.7 Å². The minimum Gasteiger partial charge on any atom is -0.445 e. The van der Waals surface area contributed by atoms with Crippen molar-refractivity contribution < 1.29 is 14.3 Å². The third kappa shape index (κ3) is 6.71. The van der Waals surface area contributed by atoms with Crippen LogP contribution in [0.4, 0.5) is 4.79 Å². The van der Waals surface area contributed by atoms with E-state index < -0.39 is 0 Å². The largest absolute Gasteiger partial charge is 0.445 e. The molecule has 1 aromatic carbocycles. The van der Waals surface area contributed by atoms with Crippen LogP contribution in [0.25, 0.3) is 0 Å². The standard InChI is InChI=1S/C26H37N5O3/c27-17-24-7-4-12-31(24)25(32)18-28-23-10-8-21(9-11-23)19-29-13-15-30(16-14-29)26(33)34-20-22-5-2-1-3-6-22/h1-3,5-6,21,23-24,28H,4,7-16,18-20H2/t21?,23?,24-/m0/s1. The van der Waals surface area contributed by atoms with Crippen LogP contribution >= 0.6 is 0 Å². The predicted octanol–water partition coefficient (Wildman–Crippen LogP) is 2.60. The Hall–Kier alpha value is -2.63. The fraction of sp³-hybridized carbons (Fsp3) is 0.654. The Balaban J connectivity index is 1.09. The molecule has 1 aromatic rings. The van der Waals surface area contributed by atoms with Gasteiger partial charge in [0.1, 0.15) is 12.6 Å². The highest BCUT2D eigenvalue weighted by Crippen LogP contribution is 2.26. The first-order valence-electron chi connectivity index (χ1n) is 12.7. The van der Waals surface area contributed by atoms with Gasteiger partial charge in [0.15, 0.2) is 0 Å². The Labute approximate surface area is 202 Å². The zero-order valence-corrected chi connectivity index (χ0v) is 20.0. The summed E-state index contributed by atoms with van der Waals surface area (Å²) in [5, 5.41) is 12.6. The first-order chi connectivity index (χ1) is 16.6. The summed E-state index contributed by atoms with van der Waals surface area (Å²) in [4.78, 5) is 30.8. The Morgan fingerprint density at radius 1 is 1.00 bits per heavy atom. The van der Waals surface area contributed by atoms with Gasteiger partial charge in [0.25, 0.3) is 0 Å². The van der Waals surface area contributed by atoms with Crippen molar-refractivity contribution in [2.24, 2.45) is 5.92 Å². The molecule has 1 atom stereocenters. The molecule has 3 fully saturated rings. The minimum absolute atomic E-state index is 0.0614. The van der Waals surface area contributed by atoms with E-state index >= 15 is 0 Å². The average molecular weight is 468 g/mol. The van der Waals surface area contributed by atoms with Crippen LogP contribution in [-0.2, 0) is 16.1 Å². The topological polar surface area (TPSA) is 88.9 Å². The number of rotatable bonds is 7. The second-order valence-corrected chi connectivity index (χ2v) is 9.80. The molecule has 2 heterocycles. The number of nitriles is 1. The van der Waals surface area contributed by atoms with E-state index in [9.17, 15) is 14.9 Å². The lowest BCUT2D eigenvalue weighted by atomic mass is 9.85. The lowest BCUT2D eigenvalue weighted by molar-refractivity contribution is -0.130. The molecule has 0 radical (unpaired) electrons. The molecule has 2 saturated heterocycles. The van der Waals surface area contributed by atoms with Crippen molar-refractivity contribution in [2.45, 2.75) is 57.2 Å². The summed E-state index contributed by atoms with van der Waals surface area (Å²) in [5.41, 5.74) is 1.01. The average Bonchev–Trinajstić information content (AvgIpc) is 3.37. The minimum atomic E-state index is -0.240. The summed E-state index contributed by atoms with van der Waals surface area (Å²) in [5.74, 6) is 0.734. The van der Waals surface area contributed by atoms with Gasteiger partial charge in [0.2, 0.25) is 5.91 Å². The number of nitrogens with zero attached hydrogens (tertiary/aromatic N) is 4. The van der Waals surface area contributed by atoms with Crippen LogP contribution in [0.2, 0.25) is 0 Å². The SMILES string of the molecule is N#C[C@@H]1CCCN1C(=O)CNC1CCC(CN2CCN(C(=O)OCc3ccccc3)CC2)CC1. The van der Waals surface area contributed by atoms with Crippen LogP contribution in [0, 0.1) is 17.2 Å². The molecular weight excluding hydrogens is 430 g/mol. The maximum Gasteiger partial charge on any atom is 0.410 e. The molecule has 1 aliphatic carbocycles. The van der Waals surface area contributed by atoms with Gasteiger partial charge in [-0.05, 0) is 50.0 Å². The van der Waals surface area contributed by atoms with Gasteiger partial charge < -0.3 is 19.9 Å². The monoisotopic (exact) mass is 467 g/mol. The van der Waals surface area contributed by atoms with Crippen molar-refractivity contribution in [2.75, 3.05) is 45.8 Å². The fourth-order valence-electron chi connectivity index (χ4n) is 5.37. The van der Waals surface area contributed by atoms with E-state index in [-0.39, 0.29) is 18.0 Å². The predicted molar refractivity (Wildman–Crippen MR) is 129 cm³/mol. The zero-order chi connectivity index (χ0) is 23.8. The van der Waals surface area contributed by atoms with Crippen LogP contribution in [0.15, 0.2) is 30.3 Å². The molecule has 1 saturated carbocycles. The molecule has 3 aliphatic rings. The second-order valence-electron chi connectivity index (χ2n) is 9.80. The number of ether oxygens (including phenoxy) is 1. The number of hydrogen-bond acceptors (Lipinski definition) is 6. The van der Waals surface area contributed by atoms with Gasteiger partial charge in [0.05, 0.1) is 12.6 Å². The molecule has 2 aliphatic heterocycles. The van der Waals surface area contributed by atoms with Crippen LogP contribution in [0.1, 0.15) is 44.1 Å². The Bertz CT molecular complexity index is 842. The molecule has 0 aromatic heterocycles. The Kier molecular flexibility index (Phi) is 8.78. The van der Waals surface area contributed by atoms with E-state index in [1.165, 1.54) is 0 Å². The number of piperazine rings is 1. The van der Waals surface area contributed by atoms with Crippen molar-refractivity contribution in [1.82, 2.24) is 20.0 Å². The number of amides is 2. The van der Waals surface area contributed by atoms with Gasteiger partial charge in [-0.2, -0.15) is 5.26 Å². The van der Waals surface area contributed by atoms with Gasteiger partial charge in [0, 0.05) is 45.3 Å². The van der Waals surface area contributed by atoms with Gasteiger partial charge in [-0.3, -0.25) is 9.69 Å². The summed E-state index contributed by atoms with van der Waals surface area (Å²) < 4.78 is 5.47. The first kappa shape index (κ1) is 24.5. The molecule has 0 spiro atoms. The zero-order valence-electron chi connectivity index (χ0n) is 20.0. The lowest BCUT2D eigenvalue weighted by Crippen LogP contribution is -2.50. The van der Waals surface area contributed by atoms with Crippen molar-refractivity contribution in [1.29, 1.82) is 5.26 Å². The van der Waals surface area contributed by atoms with Gasteiger partial charge in [-0.1, -0.05) is 30.3 Å². The van der Waals surface area contributed by atoms with Crippen LogP contribution in [-0.4, -0.2) is 84.6 Å². The second kappa shape index (κ2) is 12.2. The number of likely N-dealkylation sites (tertiary alicyclic amines) is 1. The number of hydrogen-bond donors (Lipinski definition) is 1. The Morgan fingerprint density at radius 3 is 2.44 bits per heavy atom. The van der Waals surface area contributed by atoms with Crippen LogP contribution < -0.4 is 5.32 Å². The lowest BCUT2D eigenvalue weighted by Gasteiger charge is -2.37. The highest BCUT2D eigenvalue weighted by molar-refractivity contribution is 5.79. The number of benzene rings is 1. The summed E-state index contributed by atoms with van der Waals surface area (Å²) in [7, 11) is 0. The molecule has 0 unspecified atom stereocenters. The van der Waals surface area contributed by atoms with Gasteiger partial charge in [-0.15, -0.1) is 0 Å². The molecule has 2 amide bonds. The van der Waals surface area contributed by atoms with Crippen molar-refractivity contribution >= 4 is 12.0 Å². The van der Waals surface area contributed by atoms with Gasteiger partial charge in [-0.25, -0.2) is 4.79 Å². The van der Waals surface area contributed by atoms with Crippen molar-refractivity contribution in [3.05, 3.63) is 35.9 Å². The maximum absolute atomic E-state index is 12.4. The molecule has 4 rings (SSSR count). The third-order valence-corrected chi connectivity index (χ3v) is 7.46. The molecule has 8 heteroatoms. The molecule has 8 nitrogen and oxygen atoms in total. The van der Waals surface area contributed by atoms with Crippen LogP contribution in [0.5, 0.6) is 0 Å². The summed E-state index contributed by atoms with van der Waals surface area (Å²) >= 11 is 0. The summed E-state index contributed by atoms with van der Waals surface area (Å²) in [6.07, 6.45) is 6.01. The van der Waals surface area contributed by atoms with Crippen molar-refractivity contribution in [3.8, 4) is 6.07 Å². The smallest absolute Gasteiger partial charge is 0.410 e. The fourth-order valence-corrected chi connectivity index (χ4v) is 5.37. The maximum atomic E-state index is 12.4. The van der Waals surface area contributed by atoms with E-state index in [0.29, 0.717) is 44.7 Å². The summed E-state index contributed by atoms with van der Waals surface area (Å²) in [6, 6.07) is 12.2. The van der Waals surface area contributed by atoms with Crippen LogP contribution in [0.3, 0.4) is 0 Å². The van der Waals surface area contributed by atoms with E-state index in [4.69, 9.17) is 4.74 Å². The van der Waals surface area contributed by atoms with Crippen molar-refractivity contribution in [3.63, 3.8) is 0 Å². The molecule has 34 heavy (non-hydrogen) atoms. The molecule has 1 N–H and O–H groups in total. The number of carbonyl (C=O) groups is 2. The normalized spacial score (nSPS) is 25.7. The van der Waals surface area contributed by atoms with E-state index in [2.05, 4.69) is 16.3 Å².